The molecule has 1 fully saturated rings. The average molecular weight is 194 g/mol. The highest BCUT2D eigenvalue weighted by Crippen LogP contribution is 2.27. The van der Waals surface area contributed by atoms with E-state index in [9.17, 15) is 20.4 Å². The van der Waals surface area contributed by atoms with E-state index in [-0.39, 0.29) is 0 Å². The number of rotatable bonds is 1. The number of ether oxygens (including phenoxy) is 1. The van der Waals surface area contributed by atoms with Crippen LogP contribution in [0.4, 0.5) is 0 Å². The number of hydrogen-bond acceptors (Lipinski definition) is 6. The molecule has 0 aromatic heterocycles. The summed E-state index contributed by atoms with van der Waals surface area (Å²) in [4.78, 5) is 0. The standard InChI is InChI=1S/C7H14O6/c1-7(12)6(11)5(10)4(9)3(2-8)13-7/h3-6,8-12H,2H2,1H3/t3?,4?,5?,6-,7?/m0/s1. The lowest BCUT2D eigenvalue weighted by Gasteiger charge is -2.43. The van der Waals surface area contributed by atoms with E-state index >= 15 is 0 Å². The van der Waals surface area contributed by atoms with Crippen LogP contribution in [-0.2, 0) is 4.74 Å². The van der Waals surface area contributed by atoms with Crippen LogP contribution in [0.1, 0.15) is 6.92 Å². The summed E-state index contributed by atoms with van der Waals surface area (Å²) in [6, 6.07) is 0. The SMILES string of the molecule is CC1(O)OC(CO)C(O)C(O)[C@@H]1O. The van der Waals surface area contributed by atoms with Gasteiger partial charge in [0.05, 0.1) is 6.61 Å². The van der Waals surface area contributed by atoms with Gasteiger partial charge in [-0.15, -0.1) is 0 Å². The third-order valence-corrected chi connectivity index (χ3v) is 2.17. The van der Waals surface area contributed by atoms with Gasteiger partial charge in [0.2, 0.25) is 0 Å². The molecular weight excluding hydrogens is 180 g/mol. The first kappa shape index (κ1) is 10.8. The molecule has 1 aliphatic heterocycles. The molecule has 5 N–H and O–H groups in total. The van der Waals surface area contributed by atoms with Crippen LogP contribution >= 0.6 is 0 Å². The van der Waals surface area contributed by atoms with Crippen LogP contribution in [0.15, 0.2) is 0 Å². The summed E-state index contributed by atoms with van der Waals surface area (Å²) in [5.41, 5.74) is 0. The van der Waals surface area contributed by atoms with Crippen molar-refractivity contribution < 1.29 is 30.3 Å². The van der Waals surface area contributed by atoms with E-state index in [1.807, 2.05) is 0 Å². The smallest absolute Gasteiger partial charge is 0.192 e. The molecule has 0 radical (unpaired) electrons. The van der Waals surface area contributed by atoms with Crippen molar-refractivity contribution in [2.24, 2.45) is 0 Å². The van der Waals surface area contributed by atoms with Crippen molar-refractivity contribution in [3.05, 3.63) is 0 Å². The number of aliphatic hydroxyl groups is 5. The molecule has 1 heterocycles. The highest BCUT2D eigenvalue weighted by atomic mass is 16.7. The van der Waals surface area contributed by atoms with Crippen molar-refractivity contribution in [2.75, 3.05) is 6.61 Å². The Morgan fingerprint density at radius 2 is 1.77 bits per heavy atom. The Bertz CT molecular complexity index is 180. The Hall–Kier alpha value is -0.240. The zero-order chi connectivity index (χ0) is 10.2. The lowest BCUT2D eigenvalue weighted by Crippen LogP contribution is -2.63. The van der Waals surface area contributed by atoms with E-state index in [4.69, 9.17) is 9.84 Å². The molecule has 1 rings (SSSR count). The average Bonchev–Trinajstić information content (AvgIpc) is 2.08. The molecule has 0 aromatic carbocycles. The largest absolute Gasteiger partial charge is 0.394 e. The van der Waals surface area contributed by atoms with E-state index in [2.05, 4.69) is 0 Å². The molecule has 6 heteroatoms. The van der Waals surface area contributed by atoms with Crippen LogP contribution in [0.5, 0.6) is 0 Å². The maximum Gasteiger partial charge on any atom is 0.192 e. The summed E-state index contributed by atoms with van der Waals surface area (Å²) in [6.45, 7) is 0.608. The quantitative estimate of drug-likeness (QED) is 0.308. The van der Waals surface area contributed by atoms with Gasteiger partial charge < -0.3 is 30.3 Å². The second-order valence-corrected chi connectivity index (χ2v) is 3.32. The summed E-state index contributed by atoms with van der Waals surface area (Å²) >= 11 is 0. The fourth-order valence-electron chi connectivity index (χ4n) is 1.31. The number of aliphatic hydroxyl groups excluding tert-OH is 4. The molecule has 5 atom stereocenters. The Kier molecular flexibility index (Phi) is 2.91. The molecular formula is C7H14O6. The normalized spacial score (nSPS) is 52.2. The predicted octanol–water partition coefficient (Wildman–Crippen LogP) is -2.83. The summed E-state index contributed by atoms with van der Waals surface area (Å²) in [6.07, 6.45) is -5.61. The molecule has 13 heavy (non-hydrogen) atoms. The highest BCUT2D eigenvalue weighted by Gasteiger charge is 2.49. The fraction of sp³-hybridized carbons (Fsp3) is 1.00. The van der Waals surface area contributed by atoms with Crippen LogP contribution in [0.3, 0.4) is 0 Å². The van der Waals surface area contributed by atoms with E-state index in [1.165, 1.54) is 0 Å². The van der Waals surface area contributed by atoms with Crippen LogP contribution in [-0.4, -0.2) is 62.3 Å². The minimum atomic E-state index is -1.95. The molecule has 0 aliphatic carbocycles. The zero-order valence-corrected chi connectivity index (χ0v) is 7.16. The van der Waals surface area contributed by atoms with Crippen molar-refractivity contribution in [2.45, 2.75) is 37.1 Å². The first-order chi connectivity index (χ1) is 5.90. The van der Waals surface area contributed by atoms with Gasteiger partial charge in [-0.1, -0.05) is 0 Å². The fourth-order valence-corrected chi connectivity index (χ4v) is 1.31. The zero-order valence-electron chi connectivity index (χ0n) is 7.16. The monoisotopic (exact) mass is 194 g/mol. The second-order valence-electron chi connectivity index (χ2n) is 3.32. The minimum Gasteiger partial charge on any atom is -0.394 e. The molecule has 0 aromatic rings. The van der Waals surface area contributed by atoms with Gasteiger partial charge in [-0.25, -0.2) is 0 Å². The molecule has 0 bridgehead atoms. The highest BCUT2D eigenvalue weighted by molar-refractivity contribution is 4.93. The summed E-state index contributed by atoms with van der Waals surface area (Å²) in [7, 11) is 0. The van der Waals surface area contributed by atoms with Gasteiger partial charge in [0.1, 0.15) is 24.4 Å². The van der Waals surface area contributed by atoms with Gasteiger partial charge in [0.25, 0.3) is 0 Å². The van der Waals surface area contributed by atoms with Crippen LogP contribution in [0.25, 0.3) is 0 Å². The lowest BCUT2D eigenvalue weighted by atomic mass is 9.94. The molecule has 0 spiro atoms. The summed E-state index contributed by atoms with van der Waals surface area (Å²) < 4.78 is 4.76. The minimum absolute atomic E-state index is 0.541. The van der Waals surface area contributed by atoms with E-state index in [0.717, 1.165) is 6.92 Å². The van der Waals surface area contributed by atoms with Crippen LogP contribution < -0.4 is 0 Å². The summed E-state index contributed by atoms with van der Waals surface area (Å²) in [5.74, 6) is -1.95. The lowest BCUT2D eigenvalue weighted by molar-refractivity contribution is -0.341. The van der Waals surface area contributed by atoms with Crippen LogP contribution in [0.2, 0.25) is 0 Å². The molecule has 0 amide bonds. The van der Waals surface area contributed by atoms with Crippen molar-refractivity contribution in [3.8, 4) is 0 Å². The molecule has 0 saturated carbocycles. The maximum atomic E-state index is 9.38. The first-order valence-electron chi connectivity index (χ1n) is 3.95. The predicted molar refractivity (Wildman–Crippen MR) is 40.6 cm³/mol. The van der Waals surface area contributed by atoms with Gasteiger partial charge in [0, 0.05) is 0 Å². The molecule has 6 nitrogen and oxygen atoms in total. The third-order valence-electron chi connectivity index (χ3n) is 2.17. The van der Waals surface area contributed by atoms with Gasteiger partial charge in [0.15, 0.2) is 5.79 Å². The molecule has 1 aliphatic rings. The number of hydrogen-bond donors (Lipinski definition) is 5. The van der Waals surface area contributed by atoms with Crippen molar-refractivity contribution in [1.82, 2.24) is 0 Å². The van der Waals surface area contributed by atoms with Gasteiger partial charge in [-0.2, -0.15) is 0 Å². The van der Waals surface area contributed by atoms with Crippen molar-refractivity contribution >= 4 is 0 Å². The van der Waals surface area contributed by atoms with Crippen LogP contribution in [0, 0.1) is 0 Å². The van der Waals surface area contributed by atoms with E-state index in [1.54, 1.807) is 0 Å². The van der Waals surface area contributed by atoms with Crippen molar-refractivity contribution in [3.63, 3.8) is 0 Å². The summed E-state index contributed by atoms with van der Waals surface area (Å²) in [5, 5.41) is 45.8. The Morgan fingerprint density at radius 3 is 2.23 bits per heavy atom. The van der Waals surface area contributed by atoms with Gasteiger partial charge in [-0.3, -0.25) is 0 Å². The van der Waals surface area contributed by atoms with Gasteiger partial charge in [-0.05, 0) is 6.92 Å². The molecule has 78 valence electrons. The topological polar surface area (TPSA) is 110 Å². The third kappa shape index (κ3) is 1.83. The second kappa shape index (κ2) is 3.49. The van der Waals surface area contributed by atoms with Crippen molar-refractivity contribution in [1.29, 1.82) is 0 Å². The first-order valence-corrected chi connectivity index (χ1v) is 3.95. The Labute approximate surface area is 75.0 Å². The van der Waals surface area contributed by atoms with Gasteiger partial charge >= 0.3 is 0 Å². The van der Waals surface area contributed by atoms with E-state index < -0.39 is 36.8 Å². The Morgan fingerprint density at radius 1 is 1.23 bits per heavy atom. The Balaban J connectivity index is 2.79. The maximum absolute atomic E-state index is 9.38. The molecule has 1 saturated heterocycles. The molecule has 4 unspecified atom stereocenters. The van der Waals surface area contributed by atoms with E-state index in [0.29, 0.717) is 0 Å².